The Morgan fingerprint density at radius 2 is 1.66 bits per heavy atom. The number of nitriles is 3. The van der Waals surface area contributed by atoms with Crippen molar-refractivity contribution in [3.8, 4) is 35.5 Å². The standard InChI is InChI=1S/C21H20N4O4/c1-26-16-7-18(28-3)17(27-2)6-13(16)19-15-9-29-5-4-12(15)14(8-22)20(25)21(19,10-23)11-24/h4,6-7,15,19H,5,9,25H2,1-3H3. The number of nitrogens with two attached hydrogens (primary N) is 1. The molecule has 1 aromatic rings. The van der Waals surface area contributed by atoms with Gasteiger partial charge in [-0.3, -0.25) is 0 Å². The van der Waals surface area contributed by atoms with Crippen molar-refractivity contribution in [3.63, 3.8) is 0 Å². The van der Waals surface area contributed by atoms with E-state index in [0.717, 1.165) is 0 Å². The maximum atomic E-state index is 10.1. The van der Waals surface area contributed by atoms with Crippen LogP contribution in [0.1, 0.15) is 11.5 Å². The Morgan fingerprint density at radius 1 is 1.03 bits per heavy atom. The highest BCUT2D eigenvalue weighted by Crippen LogP contribution is 2.56. The minimum Gasteiger partial charge on any atom is -0.496 e. The molecule has 1 heterocycles. The number of fused-ring (bicyclic) bond motifs is 1. The van der Waals surface area contributed by atoms with Crippen molar-refractivity contribution < 1.29 is 18.9 Å². The number of benzene rings is 1. The Morgan fingerprint density at radius 3 is 2.21 bits per heavy atom. The minimum atomic E-state index is -1.78. The van der Waals surface area contributed by atoms with Crippen LogP contribution in [0.4, 0.5) is 0 Å². The molecule has 0 amide bonds. The topological polar surface area (TPSA) is 134 Å². The zero-order valence-corrected chi connectivity index (χ0v) is 16.4. The van der Waals surface area contributed by atoms with E-state index in [4.69, 9.17) is 24.7 Å². The average molecular weight is 392 g/mol. The summed E-state index contributed by atoms with van der Waals surface area (Å²) < 4.78 is 21.9. The van der Waals surface area contributed by atoms with E-state index in [9.17, 15) is 15.8 Å². The highest BCUT2D eigenvalue weighted by Gasteiger charge is 2.55. The van der Waals surface area contributed by atoms with Crippen LogP contribution in [0.15, 0.2) is 35.1 Å². The smallest absolute Gasteiger partial charge is 0.191 e. The van der Waals surface area contributed by atoms with Gasteiger partial charge >= 0.3 is 0 Å². The molecule has 148 valence electrons. The van der Waals surface area contributed by atoms with E-state index in [1.54, 1.807) is 18.2 Å². The Kier molecular flexibility index (Phi) is 5.37. The molecule has 2 atom stereocenters. The van der Waals surface area contributed by atoms with Gasteiger partial charge in [-0.05, 0) is 11.6 Å². The van der Waals surface area contributed by atoms with Gasteiger partial charge in [0, 0.05) is 23.5 Å². The summed E-state index contributed by atoms with van der Waals surface area (Å²) in [6.45, 7) is 0.559. The fourth-order valence-electron chi connectivity index (χ4n) is 4.13. The molecule has 1 aromatic carbocycles. The van der Waals surface area contributed by atoms with Crippen molar-refractivity contribution in [1.29, 1.82) is 15.8 Å². The molecule has 29 heavy (non-hydrogen) atoms. The Bertz CT molecular complexity index is 1010. The number of allylic oxidation sites excluding steroid dienone is 2. The van der Waals surface area contributed by atoms with Gasteiger partial charge in [-0.1, -0.05) is 6.08 Å². The first-order valence-corrected chi connectivity index (χ1v) is 8.83. The van der Waals surface area contributed by atoms with Gasteiger partial charge in [-0.2, -0.15) is 15.8 Å². The molecule has 0 bridgehead atoms. The molecule has 2 unspecified atom stereocenters. The van der Waals surface area contributed by atoms with Gasteiger partial charge in [0.05, 0.1) is 58.0 Å². The quantitative estimate of drug-likeness (QED) is 0.823. The first-order valence-electron chi connectivity index (χ1n) is 8.83. The summed E-state index contributed by atoms with van der Waals surface area (Å²) in [6.07, 6.45) is 1.78. The number of hydrogen-bond donors (Lipinski definition) is 1. The maximum Gasteiger partial charge on any atom is 0.191 e. The van der Waals surface area contributed by atoms with Crippen molar-refractivity contribution in [1.82, 2.24) is 0 Å². The normalized spacial score (nSPS) is 22.3. The lowest BCUT2D eigenvalue weighted by atomic mass is 9.58. The zero-order valence-electron chi connectivity index (χ0n) is 16.4. The lowest BCUT2D eigenvalue weighted by Gasteiger charge is -2.43. The zero-order chi connectivity index (χ0) is 21.2. The number of methoxy groups -OCH3 is 3. The van der Waals surface area contributed by atoms with Crippen LogP contribution >= 0.6 is 0 Å². The van der Waals surface area contributed by atoms with E-state index in [0.29, 0.717) is 35.0 Å². The monoisotopic (exact) mass is 392 g/mol. The number of nitrogens with zero attached hydrogens (tertiary/aromatic N) is 3. The van der Waals surface area contributed by atoms with Crippen LogP contribution in [0.5, 0.6) is 17.2 Å². The van der Waals surface area contributed by atoms with Crippen molar-refractivity contribution in [2.24, 2.45) is 17.1 Å². The lowest BCUT2D eigenvalue weighted by molar-refractivity contribution is 0.0972. The predicted octanol–water partition coefficient (Wildman–Crippen LogP) is 2.15. The van der Waals surface area contributed by atoms with E-state index in [-0.39, 0.29) is 17.9 Å². The summed E-state index contributed by atoms with van der Waals surface area (Å²) in [6, 6.07) is 9.54. The van der Waals surface area contributed by atoms with Gasteiger partial charge in [0.1, 0.15) is 11.8 Å². The Hall–Kier alpha value is -3.67. The van der Waals surface area contributed by atoms with Gasteiger partial charge in [-0.15, -0.1) is 0 Å². The molecule has 3 rings (SSSR count). The van der Waals surface area contributed by atoms with Crippen LogP contribution in [0.3, 0.4) is 0 Å². The second-order valence-electron chi connectivity index (χ2n) is 6.66. The fourth-order valence-corrected chi connectivity index (χ4v) is 4.13. The first-order chi connectivity index (χ1) is 14.0. The third-order valence-electron chi connectivity index (χ3n) is 5.51. The highest BCUT2D eigenvalue weighted by atomic mass is 16.5. The Labute approximate surface area is 168 Å². The van der Waals surface area contributed by atoms with Crippen molar-refractivity contribution in [2.45, 2.75) is 5.92 Å². The van der Waals surface area contributed by atoms with Gasteiger partial charge in [0.15, 0.2) is 16.9 Å². The highest BCUT2D eigenvalue weighted by molar-refractivity contribution is 5.62. The third kappa shape index (κ3) is 2.84. The largest absolute Gasteiger partial charge is 0.496 e. The van der Waals surface area contributed by atoms with Gasteiger partial charge in [0.2, 0.25) is 0 Å². The molecule has 2 aliphatic rings. The van der Waals surface area contributed by atoms with Crippen LogP contribution < -0.4 is 19.9 Å². The fraction of sp³-hybridized carbons (Fsp3) is 0.381. The molecular formula is C21H20N4O4. The van der Waals surface area contributed by atoms with E-state index in [1.807, 2.05) is 0 Å². The molecule has 0 saturated carbocycles. The molecule has 8 nitrogen and oxygen atoms in total. The van der Waals surface area contributed by atoms with Gasteiger partial charge < -0.3 is 24.7 Å². The van der Waals surface area contributed by atoms with Gasteiger partial charge in [0.25, 0.3) is 0 Å². The number of rotatable bonds is 4. The Balaban J connectivity index is 2.39. The molecular weight excluding hydrogens is 372 g/mol. The van der Waals surface area contributed by atoms with Crippen LogP contribution in [-0.4, -0.2) is 34.5 Å². The summed E-state index contributed by atoms with van der Waals surface area (Å²) in [5.41, 5.74) is 5.83. The molecule has 1 aliphatic carbocycles. The molecule has 0 fully saturated rings. The van der Waals surface area contributed by atoms with Crippen LogP contribution in [0.25, 0.3) is 0 Å². The van der Waals surface area contributed by atoms with E-state index in [2.05, 4.69) is 18.2 Å². The molecule has 0 saturated heterocycles. The summed E-state index contributed by atoms with van der Waals surface area (Å²) in [5, 5.41) is 29.9. The number of ether oxygens (including phenoxy) is 4. The van der Waals surface area contributed by atoms with Crippen LogP contribution in [0.2, 0.25) is 0 Å². The van der Waals surface area contributed by atoms with Crippen molar-refractivity contribution >= 4 is 0 Å². The van der Waals surface area contributed by atoms with Crippen molar-refractivity contribution in [2.75, 3.05) is 34.5 Å². The summed E-state index contributed by atoms with van der Waals surface area (Å²) in [7, 11) is 4.48. The van der Waals surface area contributed by atoms with Crippen LogP contribution in [0, 0.1) is 45.3 Å². The molecule has 8 heteroatoms. The minimum absolute atomic E-state index is 0.0590. The van der Waals surface area contributed by atoms with E-state index in [1.165, 1.54) is 21.3 Å². The van der Waals surface area contributed by atoms with Crippen molar-refractivity contribution in [3.05, 3.63) is 40.6 Å². The molecule has 0 spiro atoms. The molecule has 1 aliphatic heterocycles. The summed E-state index contributed by atoms with van der Waals surface area (Å²) in [5.74, 6) is 0.109. The second kappa shape index (κ2) is 7.75. The maximum absolute atomic E-state index is 10.1. The first kappa shape index (κ1) is 20.1. The van der Waals surface area contributed by atoms with Crippen LogP contribution in [-0.2, 0) is 4.74 Å². The molecule has 0 aromatic heterocycles. The van der Waals surface area contributed by atoms with E-state index < -0.39 is 17.3 Å². The van der Waals surface area contributed by atoms with Gasteiger partial charge in [-0.25, -0.2) is 0 Å². The summed E-state index contributed by atoms with van der Waals surface area (Å²) in [4.78, 5) is 0. The van der Waals surface area contributed by atoms with E-state index >= 15 is 0 Å². The second-order valence-corrected chi connectivity index (χ2v) is 6.66. The molecule has 0 radical (unpaired) electrons. The third-order valence-corrected chi connectivity index (χ3v) is 5.51. The summed E-state index contributed by atoms with van der Waals surface area (Å²) >= 11 is 0. The predicted molar refractivity (Wildman–Crippen MR) is 102 cm³/mol. The lowest BCUT2D eigenvalue weighted by Crippen LogP contribution is -2.44. The molecule has 2 N–H and O–H groups in total. The average Bonchev–Trinajstić information content (AvgIpc) is 2.77. The number of hydrogen-bond acceptors (Lipinski definition) is 8. The SMILES string of the molecule is COc1cc(OC)c(C2C3COCC=C3C(C#N)=C(N)C2(C#N)C#N)cc1OC.